The summed E-state index contributed by atoms with van der Waals surface area (Å²) in [7, 11) is 0. The molecule has 6 heteroatoms. The third-order valence-corrected chi connectivity index (χ3v) is 3.59. The lowest BCUT2D eigenvalue weighted by Crippen LogP contribution is -2.39. The molecule has 2 fully saturated rings. The Hall–Kier alpha value is -1.72. The summed E-state index contributed by atoms with van der Waals surface area (Å²) in [5, 5.41) is 0. The van der Waals surface area contributed by atoms with Crippen molar-refractivity contribution in [2.24, 2.45) is 0 Å². The van der Waals surface area contributed by atoms with E-state index in [-0.39, 0.29) is 6.04 Å². The number of alkyl halides is 2. The quantitative estimate of drug-likeness (QED) is 0.737. The van der Waals surface area contributed by atoms with Crippen LogP contribution in [0.2, 0.25) is 0 Å². The van der Waals surface area contributed by atoms with Gasteiger partial charge in [0.1, 0.15) is 0 Å². The van der Waals surface area contributed by atoms with Crippen molar-refractivity contribution in [1.82, 2.24) is 9.80 Å². The number of amides is 3. The average molecular weight is 268 g/mol. The fourth-order valence-corrected chi connectivity index (χ4v) is 2.52. The third-order valence-electron chi connectivity index (χ3n) is 3.59. The Morgan fingerprint density at radius 2 is 1.89 bits per heavy atom. The summed E-state index contributed by atoms with van der Waals surface area (Å²) in [6.45, 7) is 0. The van der Waals surface area contributed by atoms with Gasteiger partial charge in [-0.3, -0.25) is 14.6 Å². The van der Waals surface area contributed by atoms with E-state index in [2.05, 4.69) is 0 Å². The van der Waals surface area contributed by atoms with Gasteiger partial charge in [0.15, 0.2) is 6.04 Å². The highest BCUT2D eigenvalue weighted by Crippen LogP contribution is 2.36. The zero-order valence-corrected chi connectivity index (χ0v) is 10.3. The van der Waals surface area contributed by atoms with Crippen LogP contribution in [0.3, 0.4) is 0 Å². The molecule has 3 aliphatic rings. The predicted molar refractivity (Wildman–Crippen MR) is 63.4 cm³/mol. The van der Waals surface area contributed by atoms with E-state index in [1.165, 1.54) is 0 Å². The maximum atomic E-state index is 13.1. The Morgan fingerprint density at radius 3 is 2.42 bits per heavy atom. The van der Waals surface area contributed by atoms with Crippen molar-refractivity contribution >= 4 is 11.9 Å². The molecule has 0 aromatic rings. The van der Waals surface area contributed by atoms with E-state index >= 15 is 0 Å². The molecule has 102 valence electrons. The predicted octanol–water partition coefficient (Wildman–Crippen LogP) is 2.28. The van der Waals surface area contributed by atoms with Crippen molar-refractivity contribution in [3.05, 3.63) is 23.9 Å². The number of carbonyl (C=O) groups excluding carboxylic acids is 2. The first kappa shape index (κ1) is 12.3. The molecule has 1 saturated carbocycles. The molecule has 0 aromatic heterocycles. The molecule has 1 saturated heterocycles. The summed E-state index contributed by atoms with van der Waals surface area (Å²) >= 11 is 0. The molecule has 0 aromatic carbocycles. The number of halogens is 2. The first-order chi connectivity index (χ1) is 9.11. The minimum absolute atomic E-state index is 0.181. The van der Waals surface area contributed by atoms with Crippen LogP contribution in [-0.4, -0.2) is 40.2 Å². The van der Waals surface area contributed by atoms with Gasteiger partial charge in [-0.15, -0.1) is 0 Å². The first-order valence-electron chi connectivity index (χ1n) is 6.42. The van der Waals surface area contributed by atoms with Crippen LogP contribution >= 0.6 is 0 Å². The fraction of sp³-hybridized carbons (Fsp3) is 0.538. The summed E-state index contributed by atoms with van der Waals surface area (Å²) < 4.78 is 26.3. The maximum Gasteiger partial charge on any atom is 0.332 e. The smallest absolute Gasteiger partial charge is 0.276 e. The van der Waals surface area contributed by atoms with Gasteiger partial charge >= 0.3 is 6.03 Å². The molecule has 3 amide bonds. The fourth-order valence-electron chi connectivity index (χ4n) is 2.52. The van der Waals surface area contributed by atoms with Gasteiger partial charge in [0, 0.05) is 11.7 Å². The standard InChI is InChI=1S/C13H14F2N2O2/c14-11(15)10-12(18)17(9-6-7-9)13(19)16(10)8-4-2-1-3-5-8/h2,4-5,9-11H,1,3,6-7H2. The van der Waals surface area contributed by atoms with Crippen LogP contribution < -0.4 is 0 Å². The summed E-state index contributed by atoms with van der Waals surface area (Å²) in [6, 6.07) is -2.45. The van der Waals surface area contributed by atoms with Crippen LogP contribution in [-0.2, 0) is 4.79 Å². The lowest BCUT2D eigenvalue weighted by molar-refractivity contribution is -0.132. The van der Waals surface area contributed by atoms with Gasteiger partial charge in [-0.1, -0.05) is 12.2 Å². The molecule has 1 aliphatic heterocycles. The van der Waals surface area contributed by atoms with E-state index in [1.54, 1.807) is 12.2 Å². The topological polar surface area (TPSA) is 40.6 Å². The van der Waals surface area contributed by atoms with Gasteiger partial charge in [0.05, 0.1) is 0 Å². The van der Waals surface area contributed by atoms with Crippen LogP contribution in [0, 0.1) is 0 Å². The molecule has 2 aliphatic carbocycles. The largest absolute Gasteiger partial charge is 0.332 e. The Morgan fingerprint density at radius 1 is 1.16 bits per heavy atom. The highest BCUT2D eigenvalue weighted by molar-refractivity contribution is 6.06. The number of hydrogen-bond acceptors (Lipinski definition) is 2. The molecule has 0 radical (unpaired) electrons. The van der Waals surface area contributed by atoms with E-state index in [9.17, 15) is 18.4 Å². The second kappa shape index (κ2) is 4.43. The van der Waals surface area contributed by atoms with Crippen molar-refractivity contribution in [1.29, 1.82) is 0 Å². The van der Waals surface area contributed by atoms with Gasteiger partial charge in [-0.05, 0) is 31.8 Å². The monoisotopic (exact) mass is 268 g/mol. The van der Waals surface area contributed by atoms with Crippen LogP contribution in [0.5, 0.6) is 0 Å². The molecule has 0 spiro atoms. The third kappa shape index (κ3) is 1.95. The molecular weight excluding hydrogens is 254 g/mol. The normalized spacial score (nSPS) is 27.5. The Bertz CT molecular complexity index is 483. The summed E-state index contributed by atoms with van der Waals surface area (Å²) in [5.41, 5.74) is 0.415. The van der Waals surface area contributed by atoms with Crippen molar-refractivity contribution in [2.75, 3.05) is 0 Å². The number of hydrogen-bond donors (Lipinski definition) is 0. The number of imide groups is 1. The molecule has 1 unspecified atom stereocenters. The van der Waals surface area contributed by atoms with Crippen molar-refractivity contribution in [2.45, 2.75) is 44.2 Å². The highest BCUT2D eigenvalue weighted by Gasteiger charge is 2.54. The van der Waals surface area contributed by atoms with Gasteiger partial charge in [0.2, 0.25) is 0 Å². The molecular formula is C13H14F2N2O2. The van der Waals surface area contributed by atoms with Crippen LogP contribution in [0.15, 0.2) is 23.9 Å². The second-order valence-electron chi connectivity index (χ2n) is 4.98. The maximum absolute atomic E-state index is 13.1. The molecule has 4 nitrogen and oxygen atoms in total. The number of allylic oxidation sites excluding steroid dienone is 3. The number of nitrogens with zero attached hydrogens (tertiary/aromatic N) is 2. The van der Waals surface area contributed by atoms with Crippen molar-refractivity contribution < 1.29 is 18.4 Å². The summed E-state index contributed by atoms with van der Waals surface area (Å²) in [6.07, 6.45) is 5.30. The van der Waals surface area contributed by atoms with Crippen molar-refractivity contribution in [3.63, 3.8) is 0 Å². The zero-order valence-electron chi connectivity index (χ0n) is 10.3. The minimum Gasteiger partial charge on any atom is -0.276 e. The number of urea groups is 1. The van der Waals surface area contributed by atoms with Gasteiger partial charge in [-0.25, -0.2) is 13.6 Å². The van der Waals surface area contributed by atoms with E-state index in [0.29, 0.717) is 12.1 Å². The lowest BCUT2D eigenvalue weighted by atomic mass is 10.1. The SMILES string of the molecule is O=C1C(C(F)F)N(C2=CCCC=C2)C(=O)N1C1CC1. The second-order valence-corrected chi connectivity index (χ2v) is 4.98. The number of rotatable bonds is 3. The highest BCUT2D eigenvalue weighted by atomic mass is 19.3. The van der Waals surface area contributed by atoms with E-state index in [1.807, 2.05) is 6.08 Å². The van der Waals surface area contributed by atoms with E-state index in [0.717, 1.165) is 29.1 Å². The van der Waals surface area contributed by atoms with Gasteiger partial charge < -0.3 is 0 Å². The minimum atomic E-state index is -2.86. The van der Waals surface area contributed by atoms with Crippen LogP contribution in [0.4, 0.5) is 13.6 Å². The van der Waals surface area contributed by atoms with Crippen LogP contribution in [0.1, 0.15) is 25.7 Å². The average Bonchev–Trinajstić information content (AvgIpc) is 3.17. The molecule has 0 N–H and O–H groups in total. The molecule has 19 heavy (non-hydrogen) atoms. The zero-order chi connectivity index (χ0) is 13.6. The molecule has 1 atom stereocenters. The lowest BCUT2D eigenvalue weighted by Gasteiger charge is -2.23. The van der Waals surface area contributed by atoms with Crippen LogP contribution in [0.25, 0.3) is 0 Å². The Kier molecular flexibility index (Phi) is 2.88. The number of carbonyl (C=O) groups is 2. The van der Waals surface area contributed by atoms with Gasteiger partial charge in [-0.2, -0.15) is 0 Å². The molecule has 1 heterocycles. The molecule has 3 rings (SSSR count). The summed E-state index contributed by atoms with van der Waals surface area (Å²) in [5.74, 6) is -0.762. The first-order valence-corrected chi connectivity index (χ1v) is 6.42. The molecule has 0 bridgehead atoms. The Balaban J connectivity index is 1.95. The van der Waals surface area contributed by atoms with Gasteiger partial charge in [0.25, 0.3) is 12.3 Å². The Labute approximate surface area is 109 Å². The van der Waals surface area contributed by atoms with Crippen molar-refractivity contribution in [3.8, 4) is 0 Å². The summed E-state index contributed by atoms with van der Waals surface area (Å²) in [4.78, 5) is 26.2. The van der Waals surface area contributed by atoms with E-state index in [4.69, 9.17) is 0 Å². The van der Waals surface area contributed by atoms with E-state index < -0.39 is 24.4 Å².